The maximum absolute atomic E-state index is 13.3. The monoisotopic (exact) mass is 399 g/mol. The summed E-state index contributed by atoms with van der Waals surface area (Å²) < 4.78 is 0. The zero-order chi connectivity index (χ0) is 21.3. The number of hydrogen-bond acceptors (Lipinski definition) is 2. The largest absolute Gasteiger partial charge is 0.327 e. The van der Waals surface area contributed by atoms with Crippen molar-refractivity contribution in [1.82, 2.24) is 10.6 Å². The Morgan fingerprint density at radius 3 is 2.43 bits per heavy atom. The van der Waals surface area contributed by atoms with Crippen LogP contribution in [-0.4, -0.2) is 11.9 Å². The molecule has 30 heavy (non-hydrogen) atoms. The van der Waals surface area contributed by atoms with Crippen molar-refractivity contribution in [2.24, 2.45) is 0 Å². The summed E-state index contributed by atoms with van der Waals surface area (Å²) in [5.41, 5.74) is 3.77. The highest BCUT2D eigenvalue weighted by Gasteiger charge is 2.31. The van der Waals surface area contributed by atoms with Gasteiger partial charge in [-0.25, -0.2) is 4.79 Å². The third kappa shape index (κ3) is 3.79. The molecule has 3 aromatic rings. The Kier molecular flexibility index (Phi) is 5.27. The minimum atomic E-state index is -0.533. The molecule has 5 nitrogen and oxygen atoms in total. The van der Waals surface area contributed by atoms with Gasteiger partial charge >= 0.3 is 6.03 Å². The lowest BCUT2D eigenvalue weighted by Gasteiger charge is -2.29. The molecule has 1 heterocycles. The van der Waals surface area contributed by atoms with Crippen molar-refractivity contribution < 1.29 is 9.59 Å². The molecule has 0 saturated carbocycles. The second kappa shape index (κ2) is 8.03. The number of carbonyl (C=O) groups excluding carboxylic acids is 2. The molecule has 152 valence electrons. The van der Waals surface area contributed by atoms with Crippen LogP contribution in [0.2, 0.25) is 0 Å². The van der Waals surface area contributed by atoms with E-state index in [0.29, 0.717) is 11.3 Å². The number of para-hydroxylation sites is 1. The number of rotatable bonds is 4. The zero-order valence-corrected chi connectivity index (χ0v) is 17.3. The van der Waals surface area contributed by atoms with Gasteiger partial charge in [-0.2, -0.15) is 0 Å². The molecule has 0 spiro atoms. The SMILES string of the molecule is CC1=C(C(=O)Nc2ccccc2C(C)C)[C@H](c2ccc3ccccc3c2)NC(=O)N1. The number of fused-ring (bicyclic) bond motifs is 1. The van der Waals surface area contributed by atoms with E-state index in [1.54, 1.807) is 6.92 Å². The minimum Gasteiger partial charge on any atom is -0.327 e. The number of carbonyl (C=O) groups is 2. The summed E-state index contributed by atoms with van der Waals surface area (Å²) in [6.07, 6.45) is 0. The normalized spacial score (nSPS) is 16.4. The van der Waals surface area contributed by atoms with Crippen molar-refractivity contribution in [1.29, 1.82) is 0 Å². The lowest BCUT2D eigenvalue weighted by molar-refractivity contribution is -0.113. The van der Waals surface area contributed by atoms with Crippen LogP contribution in [0.3, 0.4) is 0 Å². The molecule has 3 N–H and O–H groups in total. The predicted octanol–water partition coefficient (Wildman–Crippen LogP) is 5.23. The fourth-order valence-corrected chi connectivity index (χ4v) is 3.94. The highest BCUT2D eigenvalue weighted by atomic mass is 16.2. The summed E-state index contributed by atoms with van der Waals surface area (Å²) in [5, 5.41) is 10.9. The average Bonchev–Trinajstić information content (AvgIpc) is 2.73. The van der Waals surface area contributed by atoms with Gasteiger partial charge in [0.15, 0.2) is 0 Å². The van der Waals surface area contributed by atoms with Gasteiger partial charge in [0.25, 0.3) is 5.91 Å². The summed E-state index contributed by atoms with van der Waals surface area (Å²) in [5.74, 6) is 0.0447. The lowest BCUT2D eigenvalue weighted by atomic mass is 9.93. The lowest BCUT2D eigenvalue weighted by Crippen LogP contribution is -2.46. The summed E-state index contributed by atoms with van der Waals surface area (Å²) >= 11 is 0. The molecule has 0 aromatic heterocycles. The Morgan fingerprint density at radius 2 is 1.67 bits per heavy atom. The van der Waals surface area contributed by atoms with Crippen LogP contribution < -0.4 is 16.0 Å². The summed E-state index contributed by atoms with van der Waals surface area (Å²) in [4.78, 5) is 25.5. The second-order valence-corrected chi connectivity index (χ2v) is 7.87. The van der Waals surface area contributed by atoms with E-state index in [1.807, 2.05) is 66.7 Å². The molecule has 0 unspecified atom stereocenters. The van der Waals surface area contributed by atoms with Crippen molar-refractivity contribution in [3.63, 3.8) is 0 Å². The maximum atomic E-state index is 13.3. The first-order valence-corrected chi connectivity index (χ1v) is 10.1. The highest BCUT2D eigenvalue weighted by Crippen LogP contribution is 2.31. The van der Waals surface area contributed by atoms with Gasteiger partial charge in [0, 0.05) is 11.4 Å². The number of urea groups is 1. The van der Waals surface area contributed by atoms with E-state index < -0.39 is 6.04 Å². The van der Waals surface area contributed by atoms with Gasteiger partial charge in [-0.05, 0) is 46.9 Å². The van der Waals surface area contributed by atoms with Crippen molar-refractivity contribution in [3.8, 4) is 0 Å². The third-order valence-electron chi connectivity index (χ3n) is 5.45. The van der Waals surface area contributed by atoms with Gasteiger partial charge in [-0.3, -0.25) is 4.79 Å². The fourth-order valence-electron chi connectivity index (χ4n) is 3.94. The zero-order valence-electron chi connectivity index (χ0n) is 17.3. The highest BCUT2D eigenvalue weighted by molar-refractivity contribution is 6.07. The smallest absolute Gasteiger partial charge is 0.319 e. The van der Waals surface area contributed by atoms with Crippen LogP contribution in [0.15, 0.2) is 78.0 Å². The minimum absolute atomic E-state index is 0.230. The number of benzene rings is 3. The Morgan fingerprint density at radius 1 is 0.967 bits per heavy atom. The van der Waals surface area contributed by atoms with E-state index in [-0.39, 0.29) is 17.9 Å². The number of amides is 3. The van der Waals surface area contributed by atoms with Gasteiger partial charge in [0.2, 0.25) is 0 Å². The summed E-state index contributed by atoms with van der Waals surface area (Å²) in [6, 6.07) is 21.0. The number of anilines is 1. The van der Waals surface area contributed by atoms with Crippen LogP contribution in [-0.2, 0) is 4.79 Å². The van der Waals surface area contributed by atoms with Crippen molar-refractivity contribution >= 4 is 28.4 Å². The van der Waals surface area contributed by atoms with E-state index in [9.17, 15) is 9.59 Å². The Hall–Kier alpha value is -3.60. The Labute approximate surface area is 176 Å². The molecule has 0 radical (unpaired) electrons. The molecule has 3 amide bonds. The van der Waals surface area contributed by atoms with Crippen LogP contribution in [0.1, 0.15) is 43.9 Å². The van der Waals surface area contributed by atoms with E-state index in [4.69, 9.17) is 0 Å². The van der Waals surface area contributed by atoms with Crippen molar-refractivity contribution in [2.75, 3.05) is 5.32 Å². The number of hydrogen-bond donors (Lipinski definition) is 3. The van der Waals surface area contributed by atoms with Crippen molar-refractivity contribution in [2.45, 2.75) is 32.7 Å². The van der Waals surface area contributed by atoms with Gasteiger partial charge < -0.3 is 16.0 Å². The molecule has 0 bridgehead atoms. The van der Waals surface area contributed by atoms with Crippen molar-refractivity contribution in [3.05, 3.63) is 89.1 Å². The van der Waals surface area contributed by atoms with Crippen LogP contribution in [0.25, 0.3) is 10.8 Å². The summed E-state index contributed by atoms with van der Waals surface area (Å²) in [6.45, 7) is 5.95. The second-order valence-electron chi connectivity index (χ2n) is 7.87. The Balaban J connectivity index is 1.72. The standard InChI is InChI=1S/C25H25N3O2/c1-15(2)20-10-6-7-11-21(20)27-24(29)22-16(3)26-25(30)28-23(22)19-13-12-17-8-4-5-9-18(17)14-19/h4-15,23H,1-3H3,(H,27,29)(H2,26,28,30)/t23-/m0/s1. The van der Waals surface area contributed by atoms with Gasteiger partial charge in [0.05, 0.1) is 11.6 Å². The molecule has 5 heteroatoms. The van der Waals surface area contributed by atoms with Crippen LogP contribution in [0, 0.1) is 0 Å². The van der Waals surface area contributed by atoms with E-state index >= 15 is 0 Å². The molecular formula is C25H25N3O2. The molecule has 0 fully saturated rings. The predicted molar refractivity (Wildman–Crippen MR) is 120 cm³/mol. The third-order valence-corrected chi connectivity index (χ3v) is 5.45. The molecule has 3 aromatic carbocycles. The van der Waals surface area contributed by atoms with E-state index in [1.165, 1.54) is 0 Å². The summed E-state index contributed by atoms with van der Waals surface area (Å²) in [7, 11) is 0. The first-order chi connectivity index (χ1) is 14.4. The molecule has 1 atom stereocenters. The Bertz CT molecular complexity index is 1160. The van der Waals surface area contributed by atoms with E-state index in [2.05, 4.69) is 29.8 Å². The first kappa shape index (κ1) is 19.7. The number of allylic oxidation sites excluding steroid dienone is 1. The number of nitrogens with one attached hydrogen (secondary N) is 3. The van der Waals surface area contributed by atoms with Crippen LogP contribution in [0.4, 0.5) is 10.5 Å². The molecule has 1 aliphatic heterocycles. The van der Waals surface area contributed by atoms with Gasteiger partial charge in [0.1, 0.15) is 0 Å². The maximum Gasteiger partial charge on any atom is 0.319 e. The van der Waals surface area contributed by atoms with Crippen LogP contribution >= 0.6 is 0 Å². The fraction of sp³-hybridized carbons (Fsp3) is 0.200. The topological polar surface area (TPSA) is 70.2 Å². The van der Waals surface area contributed by atoms with Gasteiger partial charge in [-0.1, -0.05) is 68.4 Å². The average molecular weight is 399 g/mol. The quantitative estimate of drug-likeness (QED) is 0.562. The van der Waals surface area contributed by atoms with E-state index in [0.717, 1.165) is 27.6 Å². The molecule has 0 aliphatic carbocycles. The molecule has 1 aliphatic rings. The van der Waals surface area contributed by atoms with Gasteiger partial charge in [-0.15, -0.1) is 0 Å². The molecule has 4 rings (SSSR count). The first-order valence-electron chi connectivity index (χ1n) is 10.1. The molecule has 0 saturated heterocycles. The molecular weight excluding hydrogens is 374 g/mol. The van der Waals surface area contributed by atoms with Crippen LogP contribution in [0.5, 0.6) is 0 Å².